The van der Waals surface area contributed by atoms with E-state index >= 15 is 0 Å². The summed E-state index contributed by atoms with van der Waals surface area (Å²) >= 11 is 0. The van der Waals surface area contributed by atoms with Crippen LogP contribution in [0.4, 0.5) is 5.82 Å². The van der Waals surface area contributed by atoms with E-state index in [0.717, 1.165) is 24.1 Å². The molecule has 6 N–H and O–H groups in total. The molecule has 1 aromatic carbocycles. The largest absolute Gasteiger partial charge is 0.668 e. The Bertz CT molecular complexity index is 1490. The summed E-state index contributed by atoms with van der Waals surface area (Å²) in [4.78, 5) is 34.1. The summed E-state index contributed by atoms with van der Waals surface area (Å²) in [5.41, 5.74) is 8.67. The monoisotopic (exact) mass is 618 g/mol. The maximum atomic E-state index is 12.9. The molecule has 10 nitrogen and oxygen atoms in total. The Labute approximate surface area is 264 Å². The van der Waals surface area contributed by atoms with Crippen molar-refractivity contribution in [3.63, 3.8) is 0 Å². The minimum Gasteiger partial charge on any atom is -0.668 e. The zero-order valence-corrected chi connectivity index (χ0v) is 26.0. The topological polar surface area (TPSA) is 177 Å². The number of pyridine rings is 1. The van der Waals surface area contributed by atoms with Crippen LogP contribution in [0, 0.1) is 11.3 Å². The van der Waals surface area contributed by atoms with Gasteiger partial charge in [-0.15, -0.1) is 0 Å². The van der Waals surface area contributed by atoms with Gasteiger partial charge in [0.2, 0.25) is 0 Å². The number of aliphatic hydroxyl groups is 3. The van der Waals surface area contributed by atoms with Crippen LogP contribution < -0.4 is 15.5 Å². The van der Waals surface area contributed by atoms with E-state index in [9.17, 15) is 30.0 Å². The number of carbonyl (C=O) groups is 2. The summed E-state index contributed by atoms with van der Waals surface area (Å²) in [6.07, 6.45) is 8.77. The lowest BCUT2D eigenvalue weighted by atomic mass is 9.63. The third kappa shape index (κ3) is 7.64. The van der Waals surface area contributed by atoms with Gasteiger partial charge in [-0.1, -0.05) is 43.7 Å². The van der Waals surface area contributed by atoms with Gasteiger partial charge in [0.15, 0.2) is 29.2 Å². The molecule has 45 heavy (non-hydrogen) atoms. The second-order valence-electron chi connectivity index (χ2n) is 12.0. The Morgan fingerprint density at radius 2 is 1.91 bits per heavy atom. The van der Waals surface area contributed by atoms with Gasteiger partial charge >= 0.3 is 0 Å². The highest BCUT2D eigenvalue weighted by Gasteiger charge is 2.43. The minimum atomic E-state index is -1.72. The molecule has 2 heterocycles. The molecule has 2 aromatic heterocycles. The number of fused-ring (bicyclic) bond motifs is 1. The van der Waals surface area contributed by atoms with Crippen LogP contribution in [-0.4, -0.2) is 63.4 Å². The summed E-state index contributed by atoms with van der Waals surface area (Å²) in [6.45, 7) is 1.82. The molecular weight excluding hydrogens is 574 g/mol. The molecule has 0 bridgehead atoms. The fourth-order valence-electron chi connectivity index (χ4n) is 6.44. The van der Waals surface area contributed by atoms with Crippen LogP contribution in [0.2, 0.25) is 0 Å². The SMILES string of the molecule is CCCC(CO)CCCC(=O)C(O)C(=O)CCc1cc(OC)c(O)c(C2c3ccnc(N)c3C=CC2(CO)Cc2ccc[n-]2)c1. The van der Waals surface area contributed by atoms with Crippen LogP contribution in [0.3, 0.4) is 0 Å². The Hall–Kier alpha value is -3.99. The number of aromatic nitrogens is 2. The van der Waals surface area contributed by atoms with Crippen molar-refractivity contribution >= 4 is 23.5 Å². The van der Waals surface area contributed by atoms with Crippen LogP contribution in [0.25, 0.3) is 6.08 Å². The number of Topliss-reactive ketones (excluding diaryl/α,β-unsaturated/α-hetero) is 2. The number of rotatable bonds is 17. The van der Waals surface area contributed by atoms with Crippen molar-refractivity contribution in [3.05, 3.63) is 76.7 Å². The number of hydrogen-bond acceptors (Lipinski definition) is 9. The lowest BCUT2D eigenvalue weighted by Crippen LogP contribution is -2.37. The summed E-state index contributed by atoms with van der Waals surface area (Å²) < 4.78 is 5.53. The minimum absolute atomic E-state index is 0.0540. The van der Waals surface area contributed by atoms with Crippen molar-refractivity contribution in [2.75, 3.05) is 26.1 Å². The molecule has 0 saturated carbocycles. The van der Waals surface area contributed by atoms with Crippen molar-refractivity contribution in [1.82, 2.24) is 9.97 Å². The molecule has 4 atom stereocenters. The summed E-state index contributed by atoms with van der Waals surface area (Å²) in [7, 11) is 1.43. The van der Waals surface area contributed by atoms with Gasteiger partial charge in [-0.05, 0) is 61.3 Å². The van der Waals surface area contributed by atoms with E-state index in [1.165, 1.54) is 7.11 Å². The van der Waals surface area contributed by atoms with Crippen molar-refractivity contribution < 1.29 is 34.8 Å². The number of methoxy groups -OCH3 is 1. The third-order valence-corrected chi connectivity index (χ3v) is 8.90. The first-order valence-electron chi connectivity index (χ1n) is 15.5. The average molecular weight is 619 g/mol. The van der Waals surface area contributed by atoms with Crippen LogP contribution in [0.1, 0.15) is 79.3 Å². The molecule has 1 aliphatic carbocycles. The van der Waals surface area contributed by atoms with Gasteiger partial charge in [-0.25, -0.2) is 4.98 Å². The number of anilines is 1. The Morgan fingerprint density at radius 3 is 2.58 bits per heavy atom. The Morgan fingerprint density at radius 1 is 1.13 bits per heavy atom. The van der Waals surface area contributed by atoms with Crippen molar-refractivity contribution in [2.45, 2.75) is 70.3 Å². The zero-order valence-electron chi connectivity index (χ0n) is 26.0. The van der Waals surface area contributed by atoms with Gasteiger partial charge < -0.3 is 35.9 Å². The van der Waals surface area contributed by atoms with Gasteiger partial charge in [0.1, 0.15) is 5.82 Å². The predicted molar refractivity (Wildman–Crippen MR) is 171 cm³/mol. The number of ketones is 2. The Balaban J connectivity index is 1.60. The van der Waals surface area contributed by atoms with E-state index in [4.69, 9.17) is 10.5 Å². The molecule has 4 unspecified atom stereocenters. The second-order valence-corrected chi connectivity index (χ2v) is 12.0. The average Bonchev–Trinajstić information content (AvgIpc) is 3.56. The molecule has 4 rings (SSSR count). The normalized spacial score (nSPS) is 18.7. The number of phenolic OH excluding ortho intramolecular Hbond substituents is 1. The second kappa shape index (κ2) is 15.3. The number of aromatic hydroxyl groups is 1. The van der Waals surface area contributed by atoms with Gasteiger partial charge in [0.05, 0.1) is 13.7 Å². The van der Waals surface area contributed by atoms with E-state index in [1.54, 1.807) is 24.5 Å². The highest BCUT2D eigenvalue weighted by atomic mass is 16.5. The van der Waals surface area contributed by atoms with Crippen molar-refractivity contribution in [1.29, 1.82) is 0 Å². The highest BCUT2D eigenvalue weighted by molar-refractivity contribution is 6.05. The standard InChI is InChI=1S/C35H44N3O7/c1-3-6-22(20-39)7-4-9-28(41)33(44)29(42)11-10-23-17-27(32(43)30(18-23)45-2)31-25-13-16-38-34(36)26(25)12-14-35(31,21-40)19-24-8-5-15-37-24/h5,8,12-18,22,31,33,39-40,43-44H,3-4,6-7,9-11,19-21H2,1-2H3,(H2,36,38)/q-1. The zero-order chi connectivity index (χ0) is 32.6. The van der Waals surface area contributed by atoms with Crippen molar-refractivity contribution in [3.8, 4) is 11.5 Å². The fraction of sp³-hybridized carbons (Fsp3) is 0.457. The maximum Gasteiger partial charge on any atom is 0.170 e. The van der Waals surface area contributed by atoms with Crippen molar-refractivity contribution in [2.24, 2.45) is 11.3 Å². The summed E-state index contributed by atoms with van der Waals surface area (Å²) in [5, 5.41) is 42.3. The lowest BCUT2D eigenvalue weighted by molar-refractivity contribution is -0.138. The molecular formula is C35H44N3O7-. The number of nitrogens with zero attached hydrogens (tertiary/aromatic N) is 2. The molecule has 242 valence electrons. The number of ether oxygens (including phenoxy) is 1. The number of phenols is 1. The summed E-state index contributed by atoms with van der Waals surface area (Å²) in [5.74, 6) is -1.19. The number of nitrogens with two attached hydrogens (primary N) is 1. The summed E-state index contributed by atoms with van der Waals surface area (Å²) in [6, 6.07) is 8.92. The van der Waals surface area contributed by atoms with Crippen LogP contribution in [-0.2, 0) is 22.4 Å². The quantitative estimate of drug-likeness (QED) is 0.140. The maximum absolute atomic E-state index is 12.9. The number of aliphatic hydroxyl groups excluding tert-OH is 3. The molecule has 0 spiro atoms. The van der Waals surface area contributed by atoms with E-state index in [2.05, 4.69) is 9.97 Å². The van der Waals surface area contributed by atoms with E-state index in [1.807, 2.05) is 37.3 Å². The van der Waals surface area contributed by atoms with Gasteiger partial charge in [-0.2, -0.15) is 11.9 Å². The lowest BCUT2D eigenvalue weighted by Gasteiger charge is -2.42. The van der Waals surface area contributed by atoms with E-state index in [0.29, 0.717) is 41.8 Å². The molecule has 0 amide bonds. The fourth-order valence-corrected chi connectivity index (χ4v) is 6.44. The van der Waals surface area contributed by atoms with Gasteiger partial charge in [0, 0.05) is 48.1 Å². The first-order valence-corrected chi connectivity index (χ1v) is 15.5. The number of carbonyl (C=O) groups excluding carboxylic acids is 2. The molecule has 1 aliphatic rings. The van der Waals surface area contributed by atoms with E-state index < -0.39 is 29.0 Å². The van der Waals surface area contributed by atoms with E-state index in [-0.39, 0.29) is 49.9 Å². The first-order chi connectivity index (χ1) is 21.7. The van der Waals surface area contributed by atoms with Crippen LogP contribution in [0.15, 0.2) is 48.8 Å². The number of benzene rings is 1. The molecule has 3 aromatic rings. The van der Waals surface area contributed by atoms with Gasteiger partial charge in [-0.3, -0.25) is 9.59 Å². The molecule has 0 aliphatic heterocycles. The number of nitrogen functional groups attached to an aromatic ring is 1. The predicted octanol–water partition coefficient (Wildman–Crippen LogP) is 3.73. The molecule has 0 fully saturated rings. The first kappa shape index (κ1) is 33.9. The Kier molecular flexibility index (Phi) is 11.6. The third-order valence-electron chi connectivity index (χ3n) is 8.90. The van der Waals surface area contributed by atoms with Gasteiger partial charge in [0.25, 0.3) is 0 Å². The van der Waals surface area contributed by atoms with Crippen LogP contribution >= 0.6 is 0 Å². The number of hydrogen-bond donors (Lipinski definition) is 5. The number of aryl methyl sites for hydroxylation is 1. The van der Waals surface area contributed by atoms with Crippen LogP contribution in [0.5, 0.6) is 11.5 Å². The molecule has 0 saturated heterocycles. The molecule has 10 heteroatoms. The smallest absolute Gasteiger partial charge is 0.170 e. The molecule has 0 radical (unpaired) electrons. The highest BCUT2D eigenvalue weighted by Crippen LogP contribution is 2.53.